The van der Waals surface area contributed by atoms with Crippen molar-refractivity contribution in [1.29, 1.82) is 0 Å². The van der Waals surface area contributed by atoms with Gasteiger partial charge in [-0.3, -0.25) is 0 Å². The van der Waals surface area contributed by atoms with E-state index in [4.69, 9.17) is 0 Å². The number of imidazole rings is 1. The standard InChI is InChI=1S/C10H18N2/c1-4-6-9(5-2)10-11-7-8-12(10)3/h7-9H,4-6H2,1-3H3/p+1. The maximum atomic E-state index is 3.30. The number of hydrogen-bond acceptors (Lipinski definition) is 0. The summed E-state index contributed by atoms with van der Waals surface area (Å²) in [5.74, 6) is 2.06. The molecule has 0 amide bonds. The van der Waals surface area contributed by atoms with Crippen LogP contribution in [0.1, 0.15) is 44.9 Å². The second-order valence-electron chi connectivity index (χ2n) is 3.35. The second kappa shape index (κ2) is 4.29. The first-order chi connectivity index (χ1) is 5.79. The molecule has 68 valence electrons. The SMILES string of the molecule is CCCC(CC)c1[nH]cc[n+]1C. The highest BCUT2D eigenvalue weighted by molar-refractivity contribution is 4.88. The molecule has 1 unspecified atom stereocenters. The van der Waals surface area contributed by atoms with Gasteiger partial charge in [0.25, 0.3) is 5.82 Å². The van der Waals surface area contributed by atoms with Crippen molar-refractivity contribution in [2.75, 3.05) is 0 Å². The summed E-state index contributed by atoms with van der Waals surface area (Å²) in [6.45, 7) is 4.49. The van der Waals surface area contributed by atoms with Crippen LogP contribution in [0.4, 0.5) is 0 Å². The summed E-state index contributed by atoms with van der Waals surface area (Å²) < 4.78 is 2.18. The zero-order valence-electron chi connectivity index (χ0n) is 8.30. The quantitative estimate of drug-likeness (QED) is 0.663. The van der Waals surface area contributed by atoms with E-state index in [1.54, 1.807) is 0 Å². The van der Waals surface area contributed by atoms with E-state index in [2.05, 4.69) is 36.6 Å². The molecule has 12 heavy (non-hydrogen) atoms. The summed E-state index contributed by atoms with van der Waals surface area (Å²) in [5, 5.41) is 0. The molecule has 0 aliphatic rings. The Bertz CT molecular complexity index is 227. The number of aryl methyl sites for hydroxylation is 1. The van der Waals surface area contributed by atoms with Crippen molar-refractivity contribution in [3.63, 3.8) is 0 Å². The lowest BCUT2D eigenvalue weighted by Crippen LogP contribution is -2.32. The fraction of sp³-hybridized carbons (Fsp3) is 0.700. The van der Waals surface area contributed by atoms with Crippen LogP contribution >= 0.6 is 0 Å². The van der Waals surface area contributed by atoms with Gasteiger partial charge in [-0.15, -0.1) is 0 Å². The van der Waals surface area contributed by atoms with Gasteiger partial charge in [0.15, 0.2) is 0 Å². The smallest absolute Gasteiger partial charge is 0.247 e. The Balaban J connectivity index is 2.72. The molecule has 2 heteroatoms. The average molecular weight is 167 g/mol. The van der Waals surface area contributed by atoms with E-state index in [0.29, 0.717) is 5.92 Å². The molecule has 0 bridgehead atoms. The average Bonchev–Trinajstić information content (AvgIpc) is 2.47. The zero-order valence-corrected chi connectivity index (χ0v) is 8.30. The van der Waals surface area contributed by atoms with Crippen LogP contribution in [0.25, 0.3) is 0 Å². The highest BCUT2D eigenvalue weighted by Crippen LogP contribution is 2.19. The van der Waals surface area contributed by atoms with Crippen molar-refractivity contribution in [3.8, 4) is 0 Å². The van der Waals surface area contributed by atoms with E-state index in [0.717, 1.165) is 0 Å². The van der Waals surface area contributed by atoms with Crippen molar-refractivity contribution in [3.05, 3.63) is 18.2 Å². The first kappa shape index (κ1) is 9.30. The minimum Gasteiger partial charge on any atom is -0.247 e. The summed E-state index contributed by atoms with van der Waals surface area (Å²) in [6.07, 6.45) is 7.85. The molecular weight excluding hydrogens is 148 g/mol. The van der Waals surface area contributed by atoms with Gasteiger partial charge in [-0.25, -0.2) is 9.55 Å². The van der Waals surface area contributed by atoms with E-state index in [-0.39, 0.29) is 0 Å². The van der Waals surface area contributed by atoms with Gasteiger partial charge in [0.2, 0.25) is 0 Å². The number of nitrogens with one attached hydrogen (secondary N) is 1. The summed E-state index contributed by atoms with van der Waals surface area (Å²) in [6, 6.07) is 0. The van der Waals surface area contributed by atoms with Crippen molar-refractivity contribution < 1.29 is 4.57 Å². The van der Waals surface area contributed by atoms with Crippen LogP contribution in [0.2, 0.25) is 0 Å². The molecule has 0 spiro atoms. The van der Waals surface area contributed by atoms with Crippen LogP contribution in [-0.4, -0.2) is 4.98 Å². The van der Waals surface area contributed by atoms with Gasteiger partial charge in [0, 0.05) is 0 Å². The molecule has 0 fully saturated rings. The Morgan fingerprint density at radius 1 is 1.50 bits per heavy atom. The number of H-pyrrole nitrogens is 1. The predicted octanol–water partition coefficient (Wildman–Crippen LogP) is 2.13. The summed E-state index contributed by atoms with van der Waals surface area (Å²) >= 11 is 0. The molecule has 1 rings (SSSR count). The maximum Gasteiger partial charge on any atom is 0.257 e. The molecule has 0 aromatic carbocycles. The molecule has 0 saturated carbocycles. The van der Waals surface area contributed by atoms with Gasteiger partial charge in [-0.05, 0) is 12.8 Å². The fourth-order valence-corrected chi connectivity index (χ4v) is 1.71. The van der Waals surface area contributed by atoms with Gasteiger partial charge >= 0.3 is 0 Å². The van der Waals surface area contributed by atoms with Crippen LogP contribution in [0.15, 0.2) is 12.4 Å². The number of hydrogen-bond donors (Lipinski definition) is 1. The second-order valence-corrected chi connectivity index (χ2v) is 3.35. The fourth-order valence-electron chi connectivity index (χ4n) is 1.71. The number of aromatic nitrogens is 2. The van der Waals surface area contributed by atoms with E-state index in [1.807, 2.05) is 6.20 Å². The molecule has 1 heterocycles. The van der Waals surface area contributed by atoms with Gasteiger partial charge < -0.3 is 0 Å². The first-order valence-electron chi connectivity index (χ1n) is 4.82. The number of nitrogens with zero attached hydrogens (tertiary/aromatic N) is 1. The lowest BCUT2D eigenvalue weighted by molar-refractivity contribution is -0.679. The van der Waals surface area contributed by atoms with E-state index >= 15 is 0 Å². The van der Waals surface area contributed by atoms with Crippen LogP contribution in [0.5, 0.6) is 0 Å². The van der Waals surface area contributed by atoms with Gasteiger partial charge in [0.05, 0.1) is 13.0 Å². The normalized spacial score (nSPS) is 13.2. The third-order valence-electron chi connectivity index (χ3n) is 2.43. The molecule has 1 N–H and O–H groups in total. The number of rotatable bonds is 4. The summed E-state index contributed by atoms with van der Waals surface area (Å²) in [7, 11) is 2.10. The number of aromatic amines is 1. The molecule has 1 aromatic heterocycles. The molecule has 1 aromatic rings. The molecule has 0 radical (unpaired) electrons. The predicted molar refractivity (Wildman–Crippen MR) is 49.9 cm³/mol. The Morgan fingerprint density at radius 3 is 2.67 bits per heavy atom. The topological polar surface area (TPSA) is 19.7 Å². The maximum absolute atomic E-state index is 3.30. The third kappa shape index (κ3) is 1.87. The Labute approximate surface area is 74.6 Å². The monoisotopic (exact) mass is 167 g/mol. The Morgan fingerprint density at radius 2 is 2.25 bits per heavy atom. The highest BCUT2D eigenvalue weighted by Gasteiger charge is 2.17. The molecule has 1 atom stereocenters. The lowest BCUT2D eigenvalue weighted by atomic mass is 10.00. The molecule has 2 nitrogen and oxygen atoms in total. The molecule has 0 aliphatic carbocycles. The van der Waals surface area contributed by atoms with Crippen LogP contribution in [-0.2, 0) is 7.05 Å². The van der Waals surface area contributed by atoms with Gasteiger partial charge in [-0.2, -0.15) is 0 Å². The summed E-state index contributed by atoms with van der Waals surface area (Å²) in [4.78, 5) is 3.30. The van der Waals surface area contributed by atoms with Crippen molar-refractivity contribution >= 4 is 0 Å². The largest absolute Gasteiger partial charge is 0.257 e. The highest BCUT2D eigenvalue weighted by atomic mass is 15.0. The first-order valence-corrected chi connectivity index (χ1v) is 4.82. The van der Waals surface area contributed by atoms with E-state index in [1.165, 1.54) is 25.1 Å². The Kier molecular flexibility index (Phi) is 3.32. The zero-order chi connectivity index (χ0) is 8.97. The Hall–Kier alpha value is -0.790. The van der Waals surface area contributed by atoms with Gasteiger partial charge in [0.1, 0.15) is 12.4 Å². The molecular formula is C10H19N2+. The minimum absolute atomic E-state index is 0.704. The van der Waals surface area contributed by atoms with Gasteiger partial charge in [-0.1, -0.05) is 20.3 Å². The third-order valence-corrected chi connectivity index (χ3v) is 2.43. The van der Waals surface area contributed by atoms with Crippen molar-refractivity contribution in [2.45, 2.75) is 39.0 Å². The van der Waals surface area contributed by atoms with E-state index < -0.39 is 0 Å². The van der Waals surface area contributed by atoms with Crippen LogP contribution in [0.3, 0.4) is 0 Å². The molecule has 0 aliphatic heterocycles. The molecule has 0 saturated heterocycles. The van der Waals surface area contributed by atoms with Crippen molar-refractivity contribution in [2.24, 2.45) is 7.05 Å². The van der Waals surface area contributed by atoms with Crippen LogP contribution < -0.4 is 4.57 Å². The van der Waals surface area contributed by atoms with E-state index in [9.17, 15) is 0 Å². The van der Waals surface area contributed by atoms with Crippen molar-refractivity contribution in [1.82, 2.24) is 4.98 Å². The minimum atomic E-state index is 0.704. The van der Waals surface area contributed by atoms with Crippen LogP contribution in [0, 0.1) is 0 Å². The summed E-state index contributed by atoms with van der Waals surface area (Å²) in [5.41, 5.74) is 0. The lowest BCUT2D eigenvalue weighted by Gasteiger charge is -2.07.